The number of para-hydroxylation sites is 1. The van der Waals surface area contributed by atoms with E-state index in [1.54, 1.807) is 42.5 Å². The summed E-state index contributed by atoms with van der Waals surface area (Å²) in [4.78, 5) is 38.7. The van der Waals surface area contributed by atoms with E-state index in [0.717, 1.165) is 22.2 Å². The number of hydrogen-bond donors (Lipinski definition) is 1. The van der Waals surface area contributed by atoms with Gasteiger partial charge in [0.25, 0.3) is 11.1 Å². The quantitative estimate of drug-likeness (QED) is 0.314. The number of nitrogens with zero attached hydrogens (tertiary/aromatic N) is 1. The molecule has 0 atom stereocenters. The van der Waals surface area contributed by atoms with Crippen LogP contribution in [0, 0.1) is 0 Å². The van der Waals surface area contributed by atoms with Crippen LogP contribution < -0.4 is 10.1 Å². The van der Waals surface area contributed by atoms with E-state index in [1.165, 1.54) is 0 Å². The highest BCUT2D eigenvalue weighted by Crippen LogP contribution is 2.38. The average molecular weight is 602 g/mol. The maximum Gasteiger partial charge on any atom is 0.294 e. The van der Waals surface area contributed by atoms with Gasteiger partial charge in [0.15, 0.2) is 0 Å². The predicted octanol–water partition coefficient (Wildman–Crippen LogP) is 6.47. The molecule has 4 rings (SSSR count). The highest BCUT2D eigenvalue weighted by Gasteiger charge is 2.36. The lowest BCUT2D eigenvalue weighted by Crippen LogP contribution is -2.36. The van der Waals surface area contributed by atoms with Crippen molar-refractivity contribution in [3.63, 3.8) is 0 Å². The number of halogens is 2. The number of thioether (sulfide) groups is 1. The third-order valence-electron chi connectivity index (χ3n) is 4.78. The van der Waals surface area contributed by atoms with Crippen LogP contribution in [0.1, 0.15) is 11.1 Å². The highest BCUT2D eigenvalue weighted by molar-refractivity contribution is 9.11. The molecule has 0 bridgehead atoms. The Morgan fingerprint density at radius 3 is 2.24 bits per heavy atom. The van der Waals surface area contributed by atoms with Gasteiger partial charge >= 0.3 is 0 Å². The number of anilines is 1. The number of rotatable bonds is 7. The van der Waals surface area contributed by atoms with Crippen molar-refractivity contribution >= 4 is 72.4 Å². The molecule has 0 aromatic heterocycles. The summed E-state index contributed by atoms with van der Waals surface area (Å²) < 4.78 is 7.33. The van der Waals surface area contributed by atoms with Crippen LogP contribution in [0.5, 0.6) is 5.75 Å². The zero-order valence-corrected chi connectivity index (χ0v) is 21.7. The van der Waals surface area contributed by atoms with Crippen molar-refractivity contribution in [2.75, 3.05) is 11.9 Å². The number of nitrogens with one attached hydrogen (secondary N) is 1. The first kappa shape index (κ1) is 24.3. The molecule has 1 aliphatic heterocycles. The summed E-state index contributed by atoms with van der Waals surface area (Å²) in [5.41, 5.74) is 2.33. The molecule has 34 heavy (non-hydrogen) atoms. The van der Waals surface area contributed by atoms with Crippen molar-refractivity contribution in [1.82, 2.24) is 4.90 Å². The molecular formula is C25H18Br2N2O4S. The van der Waals surface area contributed by atoms with Crippen LogP contribution in [-0.4, -0.2) is 28.5 Å². The minimum absolute atomic E-state index is 0.245. The molecule has 3 aromatic carbocycles. The molecule has 1 heterocycles. The Morgan fingerprint density at radius 2 is 1.59 bits per heavy atom. The lowest BCUT2D eigenvalue weighted by Gasteiger charge is -2.12. The van der Waals surface area contributed by atoms with E-state index in [-0.39, 0.29) is 11.4 Å². The summed E-state index contributed by atoms with van der Waals surface area (Å²) in [5.74, 6) is -0.318. The van der Waals surface area contributed by atoms with Crippen LogP contribution in [0.3, 0.4) is 0 Å². The van der Waals surface area contributed by atoms with E-state index in [2.05, 4.69) is 37.2 Å². The largest absolute Gasteiger partial charge is 0.487 e. The molecule has 0 spiro atoms. The zero-order chi connectivity index (χ0) is 24.1. The highest BCUT2D eigenvalue weighted by atomic mass is 79.9. The van der Waals surface area contributed by atoms with E-state index >= 15 is 0 Å². The van der Waals surface area contributed by atoms with Crippen LogP contribution in [0.25, 0.3) is 6.08 Å². The summed E-state index contributed by atoms with van der Waals surface area (Å²) in [5, 5.41) is 2.19. The molecule has 172 valence electrons. The Kier molecular flexibility index (Phi) is 7.87. The summed E-state index contributed by atoms with van der Waals surface area (Å²) in [6.07, 6.45) is 1.62. The van der Waals surface area contributed by atoms with Gasteiger partial charge in [-0.3, -0.25) is 19.3 Å². The zero-order valence-electron chi connectivity index (χ0n) is 17.7. The molecule has 1 fully saturated rings. The van der Waals surface area contributed by atoms with E-state index in [0.29, 0.717) is 32.6 Å². The van der Waals surface area contributed by atoms with Crippen molar-refractivity contribution in [3.8, 4) is 5.75 Å². The van der Waals surface area contributed by atoms with Crippen LogP contribution in [-0.2, 0) is 16.2 Å². The van der Waals surface area contributed by atoms with Crippen LogP contribution >= 0.6 is 43.6 Å². The molecule has 3 aromatic rings. The number of carbonyl (C=O) groups is 3. The summed E-state index contributed by atoms with van der Waals surface area (Å²) in [6, 6.07) is 22.3. The summed E-state index contributed by atoms with van der Waals surface area (Å²) >= 11 is 7.84. The van der Waals surface area contributed by atoms with Gasteiger partial charge in [0.1, 0.15) is 18.9 Å². The fourth-order valence-corrected chi connectivity index (χ4v) is 5.47. The molecule has 1 aliphatic rings. The van der Waals surface area contributed by atoms with Crippen molar-refractivity contribution in [3.05, 3.63) is 97.8 Å². The van der Waals surface area contributed by atoms with Crippen LogP contribution in [0.15, 0.2) is 86.6 Å². The van der Waals surface area contributed by atoms with Crippen LogP contribution in [0.2, 0.25) is 0 Å². The maximum atomic E-state index is 12.8. The lowest BCUT2D eigenvalue weighted by atomic mass is 10.2. The van der Waals surface area contributed by atoms with Gasteiger partial charge in [0, 0.05) is 5.69 Å². The average Bonchev–Trinajstić information content (AvgIpc) is 3.07. The molecule has 3 amide bonds. The monoisotopic (exact) mass is 600 g/mol. The first-order valence-electron chi connectivity index (χ1n) is 10.2. The number of hydrogen-bond acceptors (Lipinski definition) is 5. The molecule has 6 nitrogen and oxygen atoms in total. The minimum atomic E-state index is -0.505. The topological polar surface area (TPSA) is 75.7 Å². The van der Waals surface area contributed by atoms with Gasteiger partial charge in [0.2, 0.25) is 5.91 Å². The Labute approximate surface area is 217 Å². The third-order valence-corrected chi connectivity index (χ3v) is 6.86. The van der Waals surface area contributed by atoms with Crippen molar-refractivity contribution in [1.29, 1.82) is 0 Å². The van der Waals surface area contributed by atoms with Gasteiger partial charge in [-0.05, 0) is 85.1 Å². The molecule has 9 heteroatoms. The predicted molar refractivity (Wildman–Crippen MR) is 140 cm³/mol. The normalized spacial score (nSPS) is 14.5. The number of imide groups is 1. The van der Waals surface area contributed by atoms with E-state index in [1.807, 2.05) is 36.4 Å². The van der Waals surface area contributed by atoms with Gasteiger partial charge in [-0.15, -0.1) is 0 Å². The van der Waals surface area contributed by atoms with E-state index < -0.39 is 17.1 Å². The molecule has 0 unspecified atom stereocenters. The smallest absolute Gasteiger partial charge is 0.294 e. The first-order valence-corrected chi connectivity index (χ1v) is 12.6. The van der Waals surface area contributed by atoms with E-state index in [9.17, 15) is 14.4 Å². The second-order valence-electron chi connectivity index (χ2n) is 7.27. The van der Waals surface area contributed by atoms with Gasteiger partial charge in [-0.2, -0.15) is 0 Å². The Bertz CT molecular complexity index is 1240. The number of amides is 3. The van der Waals surface area contributed by atoms with Gasteiger partial charge in [-0.1, -0.05) is 48.5 Å². The number of carbonyl (C=O) groups excluding carboxylic acids is 3. The number of ether oxygens (including phenoxy) is 1. The van der Waals surface area contributed by atoms with Gasteiger partial charge < -0.3 is 10.1 Å². The van der Waals surface area contributed by atoms with Gasteiger partial charge in [-0.25, -0.2) is 0 Å². The molecule has 0 saturated carbocycles. The molecule has 0 radical (unpaired) electrons. The molecule has 1 saturated heterocycles. The Hall–Kier alpha value is -2.88. The van der Waals surface area contributed by atoms with Crippen molar-refractivity contribution in [2.45, 2.75) is 6.61 Å². The molecular weight excluding hydrogens is 584 g/mol. The van der Waals surface area contributed by atoms with Crippen molar-refractivity contribution in [2.24, 2.45) is 0 Å². The maximum absolute atomic E-state index is 12.8. The SMILES string of the molecule is O=C(CN1C(=O)S/C(=C\c2cc(Br)c(OCc3ccccc3)c(Br)c2)C1=O)Nc1ccccc1. The second kappa shape index (κ2) is 11.0. The molecule has 1 N–H and O–H groups in total. The second-order valence-corrected chi connectivity index (χ2v) is 9.97. The third kappa shape index (κ3) is 5.97. The summed E-state index contributed by atoms with van der Waals surface area (Å²) in [7, 11) is 0. The van der Waals surface area contributed by atoms with Crippen LogP contribution in [0.4, 0.5) is 10.5 Å². The van der Waals surface area contributed by atoms with Gasteiger partial charge in [0.05, 0.1) is 13.9 Å². The fraction of sp³-hybridized carbons (Fsp3) is 0.0800. The fourth-order valence-electron chi connectivity index (χ4n) is 3.18. The Morgan fingerprint density at radius 1 is 0.971 bits per heavy atom. The standard InChI is InChI=1S/C25H18Br2N2O4S/c26-19-11-17(12-20(27)23(19)33-15-16-7-3-1-4-8-16)13-21-24(31)29(25(32)34-21)14-22(30)28-18-9-5-2-6-10-18/h1-13H,14-15H2,(H,28,30)/b21-13-. The van der Waals surface area contributed by atoms with Crippen molar-refractivity contribution < 1.29 is 19.1 Å². The lowest BCUT2D eigenvalue weighted by molar-refractivity contribution is -0.127. The number of benzene rings is 3. The first-order chi connectivity index (χ1) is 16.4. The van der Waals surface area contributed by atoms with E-state index in [4.69, 9.17) is 4.74 Å². The molecule has 0 aliphatic carbocycles. The minimum Gasteiger partial charge on any atom is -0.487 e. The Balaban J connectivity index is 1.44. The summed E-state index contributed by atoms with van der Waals surface area (Å²) in [6.45, 7) is 0.0534.